The maximum Gasteiger partial charge on any atom is 0.191 e. The number of halogens is 1. The maximum atomic E-state index is 4.64. The number of nitrogens with one attached hydrogen (secondary N) is 2. The lowest BCUT2D eigenvalue weighted by molar-refractivity contribution is 0.664. The standard InChI is InChI=1S/C16H25N5S.HI/c1-13(2)15-20-14(12-22-15)6-7-18-16(17-3)19-8-11-21-9-4-5-10-21;/h4-5,9-10,12-13H,6-8,11H2,1-3H3,(H2,17,18,19);1H. The molecule has 0 unspecified atom stereocenters. The number of aromatic nitrogens is 2. The largest absolute Gasteiger partial charge is 0.356 e. The van der Waals surface area contributed by atoms with Gasteiger partial charge in [-0.1, -0.05) is 13.8 Å². The van der Waals surface area contributed by atoms with Gasteiger partial charge in [0, 0.05) is 56.8 Å². The van der Waals surface area contributed by atoms with Crippen LogP contribution in [-0.4, -0.2) is 35.6 Å². The van der Waals surface area contributed by atoms with Crippen molar-refractivity contribution < 1.29 is 0 Å². The molecular formula is C16H26IN5S. The van der Waals surface area contributed by atoms with Crippen LogP contribution in [0.4, 0.5) is 0 Å². The summed E-state index contributed by atoms with van der Waals surface area (Å²) in [6, 6.07) is 4.07. The quantitative estimate of drug-likeness (QED) is 0.390. The summed E-state index contributed by atoms with van der Waals surface area (Å²) in [7, 11) is 1.80. The predicted octanol–water partition coefficient (Wildman–Crippen LogP) is 3.09. The Morgan fingerprint density at radius 1 is 1.26 bits per heavy atom. The summed E-state index contributed by atoms with van der Waals surface area (Å²) >= 11 is 1.75. The molecule has 2 aromatic heterocycles. The minimum absolute atomic E-state index is 0. The molecule has 0 aliphatic carbocycles. The summed E-state index contributed by atoms with van der Waals surface area (Å²) < 4.78 is 2.14. The molecular weight excluding hydrogens is 421 g/mol. The summed E-state index contributed by atoms with van der Waals surface area (Å²) in [5.41, 5.74) is 1.16. The Hall–Kier alpha value is -1.09. The first kappa shape index (κ1) is 20.0. The van der Waals surface area contributed by atoms with E-state index in [0.29, 0.717) is 5.92 Å². The van der Waals surface area contributed by atoms with Gasteiger partial charge in [0.05, 0.1) is 10.7 Å². The van der Waals surface area contributed by atoms with E-state index in [-0.39, 0.29) is 24.0 Å². The van der Waals surface area contributed by atoms with Gasteiger partial charge in [0.2, 0.25) is 0 Å². The summed E-state index contributed by atoms with van der Waals surface area (Å²) in [6.45, 7) is 6.97. The summed E-state index contributed by atoms with van der Waals surface area (Å²) in [4.78, 5) is 8.88. The van der Waals surface area contributed by atoms with Crippen molar-refractivity contribution in [3.8, 4) is 0 Å². The molecule has 0 atom stereocenters. The van der Waals surface area contributed by atoms with Gasteiger partial charge in [-0.2, -0.15) is 0 Å². The fraction of sp³-hybridized carbons (Fsp3) is 0.500. The minimum atomic E-state index is 0. The van der Waals surface area contributed by atoms with Crippen LogP contribution in [0, 0.1) is 0 Å². The smallest absolute Gasteiger partial charge is 0.191 e. The average molecular weight is 447 g/mol. The molecule has 2 heterocycles. The number of hydrogen-bond donors (Lipinski definition) is 2. The Labute approximate surface area is 159 Å². The van der Waals surface area contributed by atoms with E-state index in [1.54, 1.807) is 18.4 Å². The molecule has 0 fully saturated rings. The SMILES string of the molecule is CN=C(NCCc1csc(C(C)C)n1)NCCn1cccc1.I. The number of hydrogen-bond acceptors (Lipinski definition) is 3. The molecule has 5 nitrogen and oxygen atoms in total. The first-order valence-electron chi connectivity index (χ1n) is 7.68. The first-order chi connectivity index (χ1) is 10.7. The third-order valence-electron chi connectivity index (χ3n) is 3.29. The molecule has 128 valence electrons. The monoisotopic (exact) mass is 447 g/mol. The molecule has 0 aliphatic heterocycles. The third-order valence-corrected chi connectivity index (χ3v) is 4.48. The molecule has 2 aromatic rings. The Morgan fingerprint density at radius 2 is 1.96 bits per heavy atom. The van der Waals surface area contributed by atoms with Gasteiger partial charge in [0.1, 0.15) is 0 Å². The zero-order valence-electron chi connectivity index (χ0n) is 14.0. The maximum absolute atomic E-state index is 4.64. The van der Waals surface area contributed by atoms with Crippen LogP contribution in [0.5, 0.6) is 0 Å². The van der Waals surface area contributed by atoms with Gasteiger partial charge in [-0.05, 0) is 12.1 Å². The van der Waals surface area contributed by atoms with Crippen molar-refractivity contribution in [1.82, 2.24) is 20.2 Å². The van der Waals surface area contributed by atoms with Crippen LogP contribution in [0.15, 0.2) is 34.9 Å². The predicted molar refractivity (Wildman–Crippen MR) is 109 cm³/mol. The highest BCUT2D eigenvalue weighted by Crippen LogP contribution is 2.19. The topological polar surface area (TPSA) is 54.2 Å². The molecule has 23 heavy (non-hydrogen) atoms. The fourth-order valence-electron chi connectivity index (χ4n) is 2.05. The summed E-state index contributed by atoms with van der Waals surface area (Å²) in [5, 5.41) is 10.0. The van der Waals surface area contributed by atoms with Gasteiger partial charge in [-0.15, -0.1) is 35.3 Å². The number of aliphatic imine (C=N–C) groups is 1. The van der Waals surface area contributed by atoms with Crippen LogP contribution >= 0.6 is 35.3 Å². The van der Waals surface area contributed by atoms with Gasteiger partial charge < -0.3 is 15.2 Å². The Kier molecular flexibility index (Phi) is 9.23. The van der Waals surface area contributed by atoms with E-state index in [1.165, 1.54) is 5.01 Å². The molecule has 0 saturated carbocycles. The van der Waals surface area contributed by atoms with E-state index in [1.807, 2.05) is 12.1 Å². The van der Waals surface area contributed by atoms with E-state index in [4.69, 9.17) is 0 Å². The second-order valence-corrected chi connectivity index (χ2v) is 6.32. The van der Waals surface area contributed by atoms with Crippen molar-refractivity contribution in [3.63, 3.8) is 0 Å². The Balaban J connectivity index is 0.00000264. The normalized spacial score (nSPS) is 11.4. The van der Waals surface area contributed by atoms with Crippen LogP contribution in [0.2, 0.25) is 0 Å². The number of thiazole rings is 1. The summed E-state index contributed by atoms with van der Waals surface area (Å²) in [5.74, 6) is 1.35. The average Bonchev–Trinajstić information content (AvgIpc) is 3.17. The first-order valence-corrected chi connectivity index (χ1v) is 8.56. The molecule has 0 saturated heterocycles. The van der Waals surface area contributed by atoms with Crippen LogP contribution in [0.25, 0.3) is 0 Å². The molecule has 0 spiro atoms. The van der Waals surface area contributed by atoms with Crippen molar-refractivity contribution in [2.24, 2.45) is 4.99 Å². The van der Waals surface area contributed by atoms with E-state index >= 15 is 0 Å². The molecule has 0 aliphatic rings. The van der Waals surface area contributed by atoms with Gasteiger partial charge >= 0.3 is 0 Å². The van der Waals surface area contributed by atoms with Crippen molar-refractivity contribution in [1.29, 1.82) is 0 Å². The molecule has 0 aromatic carbocycles. The van der Waals surface area contributed by atoms with Crippen LogP contribution in [0.3, 0.4) is 0 Å². The molecule has 7 heteroatoms. The second kappa shape index (κ2) is 10.6. The van der Waals surface area contributed by atoms with Crippen LogP contribution in [-0.2, 0) is 13.0 Å². The minimum Gasteiger partial charge on any atom is -0.356 e. The van der Waals surface area contributed by atoms with E-state index in [0.717, 1.165) is 37.7 Å². The van der Waals surface area contributed by atoms with Gasteiger partial charge in [0.15, 0.2) is 5.96 Å². The highest BCUT2D eigenvalue weighted by Gasteiger charge is 2.05. The third kappa shape index (κ3) is 6.90. The molecule has 2 rings (SSSR count). The van der Waals surface area contributed by atoms with E-state index < -0.39 is 0 Å². The van der Waals surface area contributed by atoms with E-state index in [2.05, 4.69) is 56.8 Å². The van der Waals surface area contributed by atoms with Crippen molar-refractivity contribution >= 4 is 41.3 Å². The van der Waals surface area contributed by atoms with Gasteiger partial charge in [-0.25, -0.2) is 4.98 Å². The van der Waals surface area contributed by atoms with Crippen molar-refractivity contribution in [3.05, 3.63) is 40.6 Å². The van der Waals surface area contributed by atoms with Crippen LogP contribution < -0.4 is 10.6 Å². The van der Waals surface area contributed by atoms with Crippen molar-refractivity contribution in [2.75, 3.05) is 20.1 Å². The Morgan fingerprint density at radius 3 is 2.57 bits per heavy atom. The Bertz CT molecular complexity index is 577. The van der Waals surface area contributed by atoms with Crippen molar-refractivity contribution in [2.45, 2.75) is 32.7 Å². The van der Waals surface area contributed by atoms with Gasteiger partial charge in [-0.3, -0.25) is 4.99 Å². The number of rotatable bonds is 7. The highest BCUT2D eigenvalue weighted by molar-refractivity contribution is 14.0. The van der Waals surface area contributed by atoms with Crippen LogP contribution in [0.1, 0.15) is 30.5 Å². The molecule has 0 amide bonds. The molecule has 0 radical (unpaired) electrons. The lowest BCUT2D eigenvalue weighted by atomic mass is 10.2. The lowest BCUT2D eigenvalue weighted by Gasteiger charge is -2.11. The molecule has 0 bridgehead atoms. The number of guanidine groups is 1. The zero-order chi connectivity index (χ0) is 15.8. The van der Waals surface area contributed by atoms with Gasteiger partial charge in [0.25, 0.3) is 0 Å². The number of nitrogens with zero attached hydrogens (tertiary/aromatic N) is 3. The lowest BCUT2D eigenvalue weighted by Crippen LogP contribution is -2.39. The summed E-state index contributed by atoms with van der Waals surface area (Å²) in [6.07, 6.45) is 5.04. The second-order valence-electron chi connectivity index (χ2n) is 5.43. The van der Waals surface area contributed by atoms with E-state index in [9.17, 15) is 0 Å². The molecule has 2 N–H and O–H groups in total. The highest BCUT2D eigenvalue weighted by atomic mass is 127. The zero-order valence-corrected chi connectivity index (χ0v) is 17.1. The fourth-order valence-corrected chi connectivity index (χ4v) is 2.92.